The highest BCUT2D eigenvalue weighted by atomic mass is 16.4. The van der Waals surface area contributed by atoms with E-state index in [1.54, 1.807) is 45.2 Å². The predicted molar refractivity (Wildman–Crippen MR) is 150 cm³/mol. The van der Waals surface area contributed by atoms with E-state index in [9.17, 15) is 44.7 Å². The number of nitrogens with two attached hydrogens (primary N) is 1. The number of phenols is 1. The van der Waals surface area contributed by atoms with Gasteiger partial charge in [0.15, 0.2) is 11.4 Å². The van der Waals surface area contributed by atoms with Crippen LogP contribution in [0.1, 0.15) is 32.7 Å². The van der Waals surface area contributed by atoms with E-state index in [4.69, 9.17) is 5.73 Å². The van der Waals surface area contributed by atoms with Gasteiger partial charge in [0, 0.05) is 36.8 Å². The Morgan fingerprint density at radius 2 is 1.71 bits per heavy atom. The van der Waals surface area contributed by atoms with Crippen LogP contribution in [0, 0.1) is 11.8 Å². The molecular weight excluding hydrogens is 546 g/mol. The monoisotopic (exact) mass is 577 g/mol. The molecule has 0 heterocycles. The number of hydrogen-bond acceptors (Lipinski definition) is 10. The molecule has 42 heavy (non-hydrogen) atoms. The molecule has 12 nitrogen and oxygen atoms in total. The number of Topliss-reactive ketones (excluding diaryl/α,β-unsaturated/α-hetero) is 2. The molecule has 1 amide bonds. The van der Waals surface area contributed by atoms with Crippen LogP contribution < -0.4 is 10.6 Å². The first kappa shape index (κ1) is 28.8. The third-order valence-corrected chi connectivity index (χ3v) is 8.60. The fourth-order valence-corrected chi connectivity index (χ4v) is 6.74. The topological polar surface area (TPSA) is 202 Å². The number of fused-ring (bicyclic) bond motifs is 3. The molecular formula is C30H31N3O9. The fraction of sp³-hybridized carbons (Fsp3) is 0.333. The highest BCUT2D eigenvalue weighted by molar-refractivity contribution is 6.25. The van der Waals surface area contributed by atoms with Crippen LogP contribution in [0.25, 0.3) is 11.1 Å². The van der Waals surface area contributed by atoms with Gasteiger partial charge in [0.25, 0.3) is 5.91 Å². The van der Waals surface area contributed by atoms with Crippen LogP contribution in [0.4, 0.5) is 5.69 Å². The number of aromatic hydroxyl groups is 1. The number of primary amides is 1. The van der Waals surface area contributed by atoms with E-state index in [2.05, 4.69) is 0 Å². The van der Waals surface area contributed by atoms with Crippen LogP contribution >= 0.6 is 0 Å². The molecule has 0 spiro atoms. The minimum atomic E-state index is -2.74. The van der Waals surface area contributed by atoms with Crippen LogP contribution in [0.3, 0.4) is 0 Å². The number of carboxylic acids is 1. The Kier molecular flexibility index (Phi) is 6.66. The van der Waals surface area contributed by atoms with Crippen molar-refractivity contribution >= 4 is 29.1 Å². The summed E-state index contributed by atoms with van der Waals surface area (Å²) >= 11 is 0. The zero-order chi connectivity index (χ0) is 31.0. The highest BCUT2D eigenvalue weighted by Crippen LogP contribution is 2.54. The van der Waals surface area contributed by atoms with Crippen LogP contribution in [0.2, 0.25) is 0 Å². The Balaban J connectivity index is 1.75. The lowest BCUT2D eigenvalue weighted by Crippen LogP contribution is -2.63. The van der Waals surface area contributed by atoms with Crippen molar-refractivity contribution in [2.75, 3.05) is 33.1 Å². The second kappa shape index (κ2) is 9.71. The predicted octanol–water partition coefficient (Wildman–Crippen LogP) is 1.55. The number of carbonyl (C=O) groups excluding carboxylic acids is 3. The quantitative estimate of drug-likeness (QED) is 0.282. The van der Waals surface area contributed by atoms with E-state index < -0.39 is 69.8 Å². The first-order valence-electron chi connectivity index (χ1n) is 13.2. The second-order valence-electron chi connectivity index (χ2n) is 11.4. The second-order valence-corrected chi connectivity index (χ2v) is 11.4. The van der Waals surface area contributed by atoms with Gasteiger partial charge in [-0.05, 0) is 62.2 Å². The standard InChI is InChI=1S/C30H31N3O9/c1-32(2)18-11-15(12-6-5-7-13(8-12)29(40)41)23(34)20-16(18)9-14-10-17-22(33(3)4)25(36)21(28(31)39)27(38)30(17,42)26(37)19(14)24(20)35/h5-8,11,14,17,22,34,36-37,42H,9-10H2,1-4H3,(H2,31,39)(H,40,41)/t14-,17-,22-,30-/m0/s1. The average molecular weight is 578 g/mol. The molecule has 0 aromatic heterocycles. The zero-order valence-corrected chi connectivity index (χ0v) is 23.4. The number of nitrogens with zero attached hydrogens (tertiary/aromatic N) is 2. The number of aromatic carboxylic acids is 1. The number of rotatable bonds is 5. The van der Waals surface area contributed by atoms with Gasteiger partial charge in [-0.25, -0.2) is 4.79 Å². The number of amides is 1. The molecule has 0 unspecified atom stereocenters. The number of benzene rings is 2. The van der Waals surface area contributed by atoms with Crippen molar-refractivity contribution in [2.45, 2.75) is 24.5 Å². The van der Waals surface area contributed by atoms with Gasteiger partial charge in [0.05, 0.1) is 17.2 Å². The number of hydrogen-bond donors (Lipinski definition) is 6. The minimum absolute atomic E-state index is 0.0260. The van der Waals surface area contributed by atoms with Crippen molar-refractivity contribution in [1.29, 1.82) is 0 Å². The van der Waals surface area contributed by atoms with E-state index in [1.165, 1.54) is 23.1 Å². The van der Waals surface area contributed by atoms with Crippen LogP contribution in [-0.4, -0.2) is 93.7 Å². The summed E-state index contributed by atoms with van der Waals surface area (Å²) in [5.41, 5.74) is 2.84. The Hall–Kier alpha value is -4.68. The van der Waals surface area contributed by atoms with Crippen molar-refractivity contribution in [2.24, 2.45) is 17.6 Å². The van der Waals surface area contributed by atoms with Gasteiger partial charge in [-0.2, -0.15) is 0 Å². The van der Waals surface area contributed by atoms with Crippen molar-refractivity contribution in [3.05, 3.63) is 69.7 Å². The molecule has 2 aromatic rings. The van der Waals surface area contributed by atoms with E-state index in [0.717, 1.165) is 0 Å². The first-order chi connectivity index (χ1) is 19.6. The summed E-state index contributed by atoms with van der Waals surface area (Å²) in [5.74, 6) is -8.48. The van der Waals surface area contributed by atoms with Crippen molar-refractivity contribution in [1.82, 2.24) is 4.90 Å². The molecule has 0 radical (unpaired) electrons. The van der Waals surface area contributed by atoms with E-state index in [0.29, 0.717) is 16.8 Å². The molecule has 2 aromatic carbocycles. The zero-order valence-electron chi connectivity index (χ0n) is 23.4. The Morgan fingerprint density at radius 1 is 1.05 bits per heavy atom. The van der Waals surface area contributed by atoms with Crippen LogP contribution in [-0.2, 0) is 16.0 Å². The maximum Gasteiger partial charge on any atom is 0.335 e. The molecule has 0 fully saturated rings. The summed E-state index contributed by atoms with van der Waals surface area (Å²) in [6.07, 6.45) is 0.104. The third kappa shape index (κ3) is 3.90. The summed E-state index contributed by atoms with van der Waals surface area (Å²) in [7, 11) is 6.62. The Labute approximate surface area is 240 Å². The number of allylic oxidation sites excluding steroid dienone is 1. The van der Waals surface area contributed by atoms with Gasteiger partial charge in [-0.3, -0.25) is 19.3 Å². The third-order valence-electron chi connectivity index (χ3n) is 8.60. The maximum atomic E-state index is 14.2. The Morgan fingerprint density at radius 3 is 2.29 bits per heavy atom. The molecule has 0 saturated carbocycles. The van der Waals surface area contributed by atoms with Crippen molar-refractivity contribution in [3.63, 3.8) is 0 Å². The molecule has 12 heteroatoms. The normalized spacial score (nSPS) is 25.2. The lowest BCUT2D eigenvalue weighted by Gasteiger charge is -2.50. The number of aliphatic hydroxyl groups is 3. The molecule has 3 aliphatic carbocycles. The summed E-state index contributed by atoms with van der Waals surface area (Å²) in [6, 6.07) is 6.40. The summed E-state index contributed by atoms with van der Waals surface area (Å²) in [4.78, 5) is 54.6. The minimum Gasteiger partial charge on any atom is -0.510 e. The lowest BCUT2D eigenvalue weighted by molar-refractivity contribution is -0.148. The number of carbonyl (C=O) groups is 4. The molecule has 5 rings (SSSR count). The smallest absolute Gasteiger partial charge is 0.335 e. The van der Waals surface area contributed by atoms with Gasteiger partial charge in [-0.15, -0.1) is 0 Å². The summed E-state index contributed by atoms with van der Waals surface area (Å²) in [6.45, 7) is 0. The number of carboxylic acid groups (broad SMARTS) is 1. The van der Waals surface area contributed by atoms with Gasteiger partial charge in [0.1, 0.15) is 22.8 Å². The van der Waals surface area contributed by atoms with Gasteiger partial charge < -0.3 is 36.2 Å². The summed E-state index contributed by atoms with van der Waals surface area (Å²) < 4.78 is 0. The molecule has 4 atom stereocenters. The molecule has 0 saturated heterocycles. The molecule has 0 bridgehead atoms. The largest absolute Gasteiger partial charge is 0.510 e. The van der Waals surface area contributed by atoms with Crippen molar-refractivity contribution in [3.8, 4) is 16.9 Å². The lowest BCUT2D eigenvalue weighted by atomic mass is 9.58. The van der Waals surface area contributed by atoms with E-state index >= 15 is 0 Å². The summed E-state index contributed by atoms with van der Waals surface area (Å²) in [5, 5.41) is 55.1. The number of aliphatic hydroxyl groups excluding tert-OH is 2. The van der Waals surface area contributed by atoms with Crippen LogP contribution in [0.5, 0.6) is 5.75 Å². The van der Waals surface area contributed by atoms with Crippen LogP contribution in [0.15, 0.2) is 53.0 Å². The van der Waals surface area contributed by atoms with E-state index in [-0.39, 0.29) is 35.1 Å². The number of ketones is 2. The van der Waals surface area contributed by atoms with Crippen molar-refractivity contribution < 1.29 is 44.7 Å². The number of likely N-dealkylation sites (N-methyl/N-ethyl adjacent to an activating group) is 1. The fourth-order valence-electron chi connectivity index (χ4n) is 6.74. The average Bonchev–Trinajstić information content (AvgIpc) is 2.90. The number of anilines is 1. The van der Waals surface area contributed by atoms with Gasteiger partial charge in [-0.1, -0.05) is 12.1 Å². The maximum absolute atomic E-state index is 14.2. The van der Waals surface area contributed by atoms with E-state index in [1.807, 2.05) is 0 Å². The Bertz CT molecular complexity index is 1660. The number of phenolic OH excluding ortho intramolecular Hbond substituents is 1. The van der Waals surface area contributed by atoms with Gasteiger partial charge in [0.2, 0.25) is 5.78 Å². The van der Waals surface area contributed by atoms with Gasteiger partial charge >= 0.3 is 5.97 Å². The SMILES string of the molecule is CN(C)c1cc(-c2cccc(C(=O)O)c2)c(O)c2c1C[C@H]1C[C@H]3[C@H](N(C)C)C(O)=C(C(N)=O)C(=O)[C@@]3(O)C(O)=C1C2=O. The molecule has 0 aliphatic heterocycles. The molecule has 220 valence electrons. The molecule has 7 N–H and O–H groups in total. The highest BCUT2D eigenvalue weighted by Gasteiger charge is 2.63. The first-order valence-corrected chi connectivity index (χ1v) is 13.2. The molecule has 3 aliphatic rings.